The summed E-state index contributed by atoms with van der Waals surface area (Å²) < 4.78 is 37.9. The lowest BCUT2D eigenvalue weighted by molar-refractivity contribution is -0.200. The highest BCUT2D eigenvalue weighted by Gasteiger charge is 2.38. The number of oxazole rings is 1. The van der Waals surface area contributed by atoms with Crippen molar-refractivity contribution in [3.63, 3.8) is 0 Å². The fourth-order valence-corrected chi connectivity index (χ4v) is 4.15. The van der Waals surface area contributed by atoms with Crippen LogP contribution in [-0.2, 0) is 0 Å². The van der Waals surface area contributed by atoms with Gasteiger partial charge >= 0.3 is 6.11 Å². The summed E-state index contributed by atoms with van der Waals surface area (Å²) in [6, 6.07) is 4.19. The van der Waals surface area contributed by atoms with Crippen LogP contribution in [0.5, 0.6) is 5.75 Å². The van der Waals surface area contributed by atoms with E-state index in [2.05, 4.69) is 15.3 Å². The molecule has 3 aliphatic rings. The molecule has 7 nitrogen and oxygen atoms in total. The van der Waals surface area contributed by atoms with Crippen LogP contribution >= 0.6 is 11.3 Å². The Hall–Kier alpha value is -2.30. The average molecular weight is 394 g/mol. The van der Waals surface area contributed by atoms with E-state index in [4.69, 9.17) is 14.3 Å². The Morgan fingerprint density at radius 1 is 1.37 bits per heavy atom. The second-order valence-electron chi connectivity index (χ2n) is 6.76. The second kappa shape index (κ2) is 6.11. The molecule has 3 aromatic rings. The number of thiazole rings is 1. The zero-order chi connectivity index (χ0) is 18.6. The van der Waals surface area contributed by atoms with E-state index in [-0.39, 0.29) is 11.3 Å². The summed E-state index contributed by atoms with van der Waals surface area (Å²) >= 11 is 1.43. The van der Waals surface area contributed by atoms with Gasteiger partial charge in [-0.05, 0) is 18.6 Å². The number of halogens is 2. The van der Waals surface area contributed by atoms with Crippen molar-refractivity contribution in [2.45, 2.75) is 24.6 Å². The molecular weight excluding hydrogens is 378 g/mol. The fraction of sp³-hybridized carbons (Fsp3) is 0.412. The number of nitrogens with one attached hydrogen (secondary N) is 1. The van der Waals surface area contributed by atoms with Crippen molar-refractivity contribution in [2.24, 2.45) is 0 Å². The standard InChI is InChI=1S/C17H16F2N4O3S/c18-17(19,7-24)26-13-2-1-11(12-6-27-8-20-12)15-14(13)22-16(25-15)23-4-9-3-10(5-23)21-9/h1-2,6,8-10,21,24H,3-5,7H2. The number of nitrogens with zero attached hydrogens (tertiary/aromatic N) is 3. The number of anilines is 1. The molecule has 142 valence electrons. The van der Waals surface area contributed by atoms with Crippen molar-refractivity contribution < 1.29 is 23.0 Å². The minimum Gasteiger partial charge on any atom is -0.428 e. The number of aliphatic hydroxyl groups is 1. The van der Waals surface area contributed by atoms with Gasteiger partial charge in [-0.15, -0.1) is 11.3 Å². The summed E-state index contributed by atoms with van der Waals surface area (Å²) in [5.41, 5.74) is 3.55. The zero-order valence-corrected chi connectivity index (χ0v) is 14.9. The Labute approximate surface area is 156 Å². The molecule has 2 N–H and O–H groups in total. The molecule has 2 bridgehead atoms. The number of fused-ring (bicyclic) bond motifs is 3. The fourth-order valence-electron chi connectivity index (χ4n) is 3.60. The van der Waals surface area contributed by atoms with Gasteiger partial charge in [-0.1, -0.05) is 0 Å². The van der Waals surface area contributed by atoms with Crippen LogP contribution in [0.2, 0.25) is 0 Å². The van der Waals surface area contributed by atoms with Gasteiger partial charge in [0.1, 0.15) is 6.61 Å². The molecule has 3 fully saturated rings. The van der Waals surface area contributed by atoms with Gasteiger partial charge in [-0.3, -0.25) is 0 Å². The zero-order valence-electron chi connectivity index (χ0n) is 14.1. The first kappa shape index (κ1) is 16.8. The molecule has 6 rings (SSSR count). The quantitative estimate of drug-likeness (QED) is 0.688. The van der Waals surface area contributed by atoms with Crippen LogP contribution in [0.1, 0.15) is 6.42 Å². The number of ether oxygens (including phenoxy) is 1. The lowest BCUT2D eigenvalue weighted by Crippen LogP contribution is -2.67. The molecule has 0 aliphatic carbocycles. The van der Waals surface area contributed by atoms with E-state index in [0.717, 1.165) is 19.5 Å². The number of aliphatic hydroxyl groups excluding tert-OH is 1. The molecule has 3 aliphatic heterocycles. The first-order valence-electron chi connectivity index (χ1n) is 8.53. The predicted molar refractivity (Wildman–Crippen MR) is 95.3 cm³/mol. The summed E-state index contributed by atoms with van der Waals surface area (Å²) in [6.07, 6.45) is -2.58. The Kier molecular flexibility index (Phi) is 3.81. The van der Waals surface area contributed by atoms with Crippen molar-refractivity contribution in [3.8, 4) is 17.0 Å². The van der Waals surface area contributed by atoms with Crippen LogP contribution in [0, 0.1) is 0 Å². The largest absolute Gasteiger partial charge is 0.428 e. The second-order valence-corrected chi connectivity index (χ2v) is 7.48. The van der Waals surface area contributed by atoms with Crippen LogP contribution in [0.3, 0.4) is 0 Å². The van der Waals surface area contributed by atoms with Gasteiger partial charge in [0.15, 0.2) is 16.8 Å². The summed E-state index contributed by atoms with van der Waals surface area (Å²) in [4.78, 5) is 10.7. The number of hydrogen-bond donors (Lipinski definition) is 2. The van der Waals surface area contributed by atoms with Crippen LogP contribution in [0.15, 0.2) is 27.4 Å². The van der Waals surface area contributed by atoms with Crippen LogP contribution in [-0.4, -0.2) is 53.0 Å². The maximum atomic E-state index is 13.6. The lowest BCUT2D eigenvalue weighted by Gasteiger charge is -2.47. The van der Waals surface area contributed by atoms with E-state index in [0.29, 0.717) is 34.9 Å². The van der Waals surface area contributed by atoms with Gasteiger partial charge in [-0.2, -0.15) is 13.8 Å². The summed E-state index contributed by atoms with van der Waals surface area (Å²) in [5, 5.41) is 14.1. The number of piperazine rings is 1. The Balaban J connectivity index is 1.60. The predicted octanol–water partition coefficient (Wildman–Crippen LogP) is 2.47. The van der Waals surface area contributed by atoms with E-state index >= 15 is 0 Å². The molecule has 0 radical (unpaired) electrons. The van der Waals surface area contributed by atoms with E-state index in [1.165, 1.54) is 17.4 Å². The van der Waals surface area contributed by atoms with Crippen LogP contribution in [0.25, 0.3) is 22.4 Å². The molecule has 0 saturated carbocycles. The van der Waals surface area contributed by atoms with Crippen LogP contribution in [0.4, 0.5) is 14.8 Å². The summed E-state index contributed by atoms with van der Waals surface area (Å²) in [7, 11) is 0. The molecule has 2 unspecified atom stereocenters. The third kappa shape index (κ3) is 2.93. The van der Waals surface area contributed by atoms with Gasteiger partial charge in [-0.25, -0.2) is 4.98 Å². The Morgan fingerprint density at radius 3 is 2.81 bits per heavy atom. The smallest absolute Gasteiger partial charge is 0.421 e. The molecule has 5 heterocycles. The van der Waals surface area contributed by atoms with E-state index < -0.39 is 12.7 Å². The summed E-state index contributed by atoms with van der Waals surface area (Å²) in [6.45, 7) is 0.0743. The van der Waals surface area contributed by atoms with E-state index in [1.54, 1.807) is 11.6 Å². The molecule has 3 saturated heterocycles. The Morgan fingerprint density at radius 2 is 2.15 bits per heavy atom. The molecule has 0 spiro atoms. The molecular formula is C17H16F2N4O3S. The van der Waals surface area contributed by atoms with Crippen molar-refractivity contribution in [1.29, 1.82) is 0 Å². The normalized spacial score (nSPS) is 22.1. The molecule has 2 atom stereocenters. The number of aromatic nitrogens is 2. The first-order valence-corrected chi connectivity index (χ1v) is 9.47. The van der Waals surface area contributed by atoms with Crippen LogP contribution < -0.4 is 15.0 Å². The average Bonchev–Trinajstić information content (AvgIpc) is 3.31. The molecule has 1 aromatic carbocycles. The SMILES string of the molecule is OCC(F)(F)Oc1ccc(-c2cscn2)c2oc(N3CC4CC(C3)N4)nc12. The number of piperidine rings is 1. The minimum atomic E-state index is -3.70. The van der Waals surface area contributed by atoms with Crippen molar-refractivity contribution in [2.75, 3.05) is 24.6 Å². The number of alkyl halides is 2. The van der Waals surface area contributed by atoms with Gasteiger partial charge in [0.25, 0.3) is 6.01 Å². The number of hydrogen-bond acceptors (Lipinski definition) is 8. The maximum absolute atomic E-state index is 13.6. The van der Waals surface area contributed by atoms with E-state index in [1.807, 2.05) is 10.3 Å². The Bertz CT molecular complexity index is 962. The van der Waals surface area contributed by atoms with Crippen molar-refractivity contribution in [1.82, 2.24) is 15.3 Å². The van der Waals surface area contributed by atoms with E-state index in [9.17, 15) is 8.78 Å². The highest BCUT2D eigenvalue weighted by atomic mass is 32.1. The third-order valence-corrected chi connectivity index (χ3v) is 5.43. The monoisotopic (exact) mass is 394 g/mol. The van der Waals surface area contributed by atoms with Crippen molar-refractivity contribution >= 4 is 28.5 Å². The van der Waals surface area contributed by atoms with Gasteiger partial charge < -0.3 is 24.5 Å². The highest BCUT2D eigenvalue weighted by Crippen LogP contribution is 2.39. The molecule has 2 aromatic heterocycles. The first-order chi connectivity index (χ1) is 13.0. The van der Waals surface area contributed by atoms with Crippen molar-refractivity contribution in [3.05, 3.63) is 23.0 Å². The summed E-state index contributed by atoms with van der Waals surface area (Å²) in [5.74, 6) is -0.140. The number of benzene rings is 1. The lowest BCUT2D eigenvalue weighted by atomic mass is 9.92. The molecule has 10 heteroatoms. The van der Waals surface area contributed by atoms with Gasteiger partial charge in [0, 0.05) is 36.1 Å². The number of rotatable bonds is 5. The molecule has 0 amide bonds. The van der Waals surface area contributed by atoms with Gasteiger partial charge in [0.2, 0.25) is 0 Å². The highest BCUT2D eigenvalue weighted by molar-refractivity contribution is 7.07. The molecule has 27 heavy (non-hydrogen) atoms. The topological polar surface area (TPSA) is 83.7 Å². The van der Waals surface area contributed by atoms with Gasteiger partial charge in [0.05, 0.1) is 11.2 Å². The minimum absolute atomic E-state index is 0.140. The third-order valence-electron chi connectivity index (χ3n) is 4.84. The maximum Gasteiger partial charge on any atom is 0.421 e.